The molecular formula is C3H7N4+. The smallest absolute Gasteiger partial charge is 0.269 e. The Hall–Kier alpha value is -1.19. The highest BCUT2D eigenvalue weighted by atomic mass is 15.4. The van der Waals surface area contributed by atoms with Crippen molar-refractivity contribution in [2.24, 2.45) is 0 Å². The molecule has 4 N–H and O–H groups in total. The van der Waals surface area contributed by atoms with Crippen LogP contribution in [0.25, 0.3) is 0 Å². The largest absolute Gasteiger partial charge is 0.290 e. The minimum Gasteiger partial charge on any atom is -0.269 e. The molecular weight excluding hydrogens is 92.1 g/mol. The highest BCUT2D eigenvalue weighted by Crippen LogP contribution is 1.65. The first kappa shape index (κ1) is 3.98. The van der Waals surface area contributed by atoms with Crippen molar-refractivity contribution in [3.63, 3.8) is 0 Å². The normalized spacial score (nSPS) is 9.14. The van der Waals surface area contributed by atoms with Crippen LogP contribution in [0.3, 0.4) is 0 Å². The zero-order valence-corrected chi connectivity index (χ0v) is 3.78. The van der Waals surface area contributed by atoms with E-state index in [1.54, 1.807) is 18.7 Å². The molecule has 1 aromatic heterocycles. The lowest BCUT2D eigenvalue weighted by molar-refractivity contribution is -0.638. The monoisotopic (exact) mass is 99.1 g/mol. The summed E-state index contributed by atoms with van der Waals surface area (Å²) < 4.78 is 2.75. The molecule has 0 amide bonds. The number of imidazole rings is 1. The van der Waals surface area contributed by atoms with Crippen molar-refractivity contribution >= 4 is 0 Å². The van der Waals surface area contributed by atoms with Crippen molar-refractivity contribution in [2.75, 3.05) is 11.7 Å². The summed E-state index contributed by atoms with van der Waals surface area (Å²) in [7, 11) is 0. The van der Waals surface area contributed by atoms with Gasteiger partial charge in [0.15, 0.2) is 12.4 Å². The third-order valence-electron chi connectivity index (χ3n) is 0.678. The zero-order valence-electron chi connectivity index (χ0n) is 3.78. The molecule has 0 aliphatic carbocycles. The van der Waals surface area contributed by atoms with Gasteiger partial charge in [-0.2, -0.15) is 0 Å². The highest BCUT2D eigenvalue weighted by Gasteiger charge is 1.89. The second-order valence-corrected chi connectivity index (χ2v) is 1.31. The summed E-state index contributed by atoms with van der Waals surface area (Å²) in [4.78, 5) is 0. The third-order valence-corrected chi connectivity index (χ3v) is 0.678. The van der Waals surface area contributed by atoms with Crippen LogP contribution in [0, 0.1) is 0 Å². The minimum absolute atomic E-state index is 1.38. The van der Waals surface area contributed by atoms with E-state index in [9.17, 15) is 0 Å². The molecule has 4 heteroatoms. The van der Waals surface area contributed by atoms with Crippen LogP contribution in [0.2, 0.25) is 0 Å². The van der Waals surface area contributed by atoms with Gasteiger partial charge in [0, 0.05) is 0 Å². The molecule has 7 heavy (non-hydrogen) atoms. The molecule has 0 spiro atoms. The van der Waals surface area contributed by atoms with Crippen LogP contribution in [-0.2, 0) is 0 Å². The van der Waals surface area contributed by atoms with Crippen LogP contribution in [0.4, 0.5) is 0 Å². The van der Waals surface area contributed by atoms with E-state index in [0.29, 0.717) is 0 Å². The molecule has 0 bridgehead atoms. The molecule has 1 aromatic rings. The maximum Gasteiger partial charge on any atom is 0.290 e. The van der Waals surface area contributed by atoms with Crippen LogP contribution in [0.5, 0.6) is 0 Å². The van der Waals surface area contributed by atoms with Crippen molar-refractivity contribution in [3.05, 3.63) is 18.7 Å². The fraction of sp³-hybridized carbons (Fsp3) is 0. The van der Waals surface area contributed by atoms with Crippen LogP contribution in [-0.4, -0.2) is 4.68 Å². The van der Waals surface area contributed by atoms with E-state index in [4.69, 9.17) is 11.7 Å². The van der Waals surface area contributed by atoms with E-state index >= 15 is 0 Å². The van der Waals surface area contributed by atoms with Crippen LogP contribution in [0.15, 0.2) is 18.7 Å². The Morgan fingerprint density at radius 1 is 1.57 bits per heavy atom. The Balaban J connectivity index is 3.04. The maximum absolute atomic E-state index is 5.19. The SMILES string of the molecule is Nn1cc[n+](N)c1. The van der Waals surface area contributed by atoms with Gasteiger partial charge in [0.05, 0.1) is 0 Å². The van der Waals surface area contributed by atoms with Gasteiger partial charge in [0.2, 0.25) is 0 Å². The van der Waals surface area contributed by atoms with Crippen LogP contribution >= 0.6 is 0 Å². The predicted octanol–water partition coefficient (Wildman–Crippen LogP) is -1.80. The van der Waals surface area contributed by atoms with Gasteiger partial charge in [-0.05, 0) is 0 Å². The van der Waals surface area contributed by atoms with Crippen molar-refractivity contribution in [1.82, 2.24) is 4.68 Å². The molecule has 0 saturated heterocycles. The molecule has 1 heterocycles. The Bertz CT molecular complexity index is 139. The van der Waals surface area contributed by atoms with E-state index in [0.717, 1.165) is 0 Å². The first-order chi connectivity index (χ1) is 3.29. The van der Waals surface area contributed by atoms with Gasteiger partial charge in [-0.3, -0.25) is 11.7 Å². The van der Waals surface area contributed by atoms with E-state index in [2.05, 4.69) is 0 Å². The zero-order chi connectivity index (χ0) is 5.28. The lowest BCUT2D eigenvalue weighted by Gasteiger charge is -1.73. The molecule has 4 nitrogen and oxygen atoms in total. The predicted molar refractivity (Wildman–Crippen MR) is 24.9 cm³/mol. The molecule has 0 aliphatic heterocycles. The fourth-order valence-electron chi connectivity index (χ4n) is 0.385. The number of nitrogens with two attached hydrogens (primary N) is 2. The molecule has 38 valence electrons. The Kier molecular flexibility index (Phi) is 0.651. The van der Waals surface area contributed by atoms with E-state index in [-0.39, 0.29) is 0 Å². The summed E-state index contributed by atoms with van der Waals surface area (Å²) in [5.41, 5.74) is 0. The quantitative estimate of drug-likeness (QED) is 0.298. The van der Waals surface area contributed by atoms with Crippen LogP contribution < -0.4 is 16.4 Å². The topological polar surface area (TPSA) is 60.8 Å². The summed E-state index contributed by atoms with van der Waals surface area (Å²) in [5, 5.41) is 0. The van der Waals surface area contributed by atoms with E-state index in [1.807, 2.05) is 0 Å². The van der Waals surface area contributed by atoms with Gasteiger partial charge in [-0.15, -0.1) is 9.35 Å². The third kappa shape index (κ3) is 0.623. The van der Waals surface area contributed by atoms with E-state index in [1.165, 1.54) is 9.35 Å². The van der Waals surface area contributed by atoms with Crippen molar-refractivity contribution in [1.29, 1.82) is 0 Å². The summed E-state index contributed by atoms with van der Waals surface area (Å²) in [6.45, 7) is 0. The Labute approximate surface area is 40.9 Å². The summed E-state index contributed by atoms with van der Waals surface area (Å²) in [6, 6.07) is 0. The molecule has 0 unspecified atom stereocenters. The van der Waals surface area contributed by atoms with E-state index < -0.39 is 0 Å². The second kappa shape index (κ2) is 1.14. The second-order valence-electron chi connectivity index (χ2n) is 1.31. The number of rotatable bonds is 0. The molecule has 0 aromatic carbocycles. The summed E-state index contributed by atoms with van der Waals surface area (Å²) in [5.74, 6) is 10.4. The lowest BCUT2D eigenvalue weighted by atomic mass is 11.0. The highest BCUT2D eigenvalue weighted by molar-refractivity contribution is 4.63. The number of hydrogen-bond acceptors (Lipinski definition) is 2. The molecule has 0 aliphatic rings. The van der Waals surface area contributed by atoms with Gasteiger partial charge in [0.1, 0.15) is 0 Å². The fourth-order valence-corrected chi connectivity index (χ4v) is 0.385. The van der Waals surface area contributed by atoms with Gasteiger partial charge in [-0.1, -0.05) is 0 Å². The number of hydrogen-bond donors (Lipinski definition) is 2. The first-order valence-corrected chi connectivity index (χ1v) is 1.88. The standard InChI is InChI=1S/C3H7N4/c4-6-1-2-7(5)3-6/h1-3H,4-5H2/q+1. The number of nitrogens with zero attached hydrogens (tertiary/aromatic N) is 2. The molecule has 1 rings (SSSR count). The maximum atomic E-state index is 5.19. The van der Waals surface area contributed by atoms with Crippen molar-refractivity contribution < 1.29 is 4.68 Å². The summed E-state index contributed by atoms with van der Waals surface area (Å²) in [6.07, 6.45) is 4.86. The molecule has 0 fully saturated rings. The van der Waals surface area contributed by atoms with Crippen molar-refractivity contribution in [3.8, 4) is 0 Å². The number of aromatic nitrogens is 2. The van der Waals surface area contributed by atoms with Crippen molar-refractivity contribution in [2.45, 2.75) is 0 Å². The van der Waals surface area contributed by atoms with Gasteiger partial charge in [-0.25, -0.2) is 0 Å². The molecule has 0 atom stereocenters. The average molecular weight is 99.1 g/mol. The Morgan fingerprint density at radius 3 is 2.43 bits per heavy atom. The lowest BCUT2D eigenvalue weighted by Crippen LogP contribution is -2.42. The number of nitrogen functional groups attached to an aromatic ring is 2. The first-order valence-electron chi connectivity index (χ1n) is 1.88. The van der Waals surface area contributed by atoms with Gasteiger partial charge >= 0.3 is 0 Å². The van der Waals surface area contributed by atoms with Gasteiger partial charge in [0.25, 0.3) is 6.33 Å². The van der Waals surface area contributed by atoms with Gasteiger partial charge < -0.3 is 0 Å². The molecule has 0 radical (unpaired) electrons. The minimum atomic E-state index is 1.38. The molecule has 0 saturated carbocycles. The summed E-state index contributed by atoms with van der Waals surface area (Å²) >= 11 is 0. The average Bonchev–Trinajstić information content (AvgIpc) is 1.87. The van der Waals surface area contributed by atoms with Crippen LogP contribution in [0.1, 0.15) is 0 Å². The Morgan fingerprint density at radius 2 is 2.29 bits per heavy atom.